The highest BCUT2D eigenvalue weighted by Gasteiger charge is 2.15. The molecule has 138 valence electrons. The molecule has 5 nitrogen and oxygen atoms in total. The Morgan fingerprint density at radius 2 is 2.08 bits per heavy atom. The third-order valence-corrected chi connectivity index (χ3v) is 5.58. The molecule has 2 heterocycles. The third kappa shape index (κ3) is 3.96. The van der Waals surface area contributed by atoms with Gasteiger partial charge in [-0.1, -0.05) is 42.4 Å². The van der Waals surface area contributed by atoms with Crippen molar-refractivity contribution in [3.63, 3.8) is 0 Å². The molecule has 0 spiro atoms. The number of aromatic nitrogens is 3. The number of nitrogens with zero attached hydrogens (tertiary/aromatic N) is 3. The molecule has 0 aliphatic rings. The van der Waals surface area contributed by atoms with Crippen LogP contribution in [0.5, 0.6) is 0 Å². The molecule has 26 heavy (non-hydrogen) atoms. The smallest absolute Gasteiger partial charge is 0.262 e. The highest BCUT2D eigenvalue weighted by molar-refractivity contribution is 7.98. The molecule has 0 aliphatic heterocycles. The largest absolute Gasteiger partial charge is 0.361 e. The number of thioether (sulfide) groups is 1. The van der Waals surface area contributed by atoms with Crippen molar-refractivity contribution in [2.75, 3.05) is 0 Å². The van der Waals surface area contributed by atoms with E-state index in [2.05, 4.69) is 19.0 Å². The second-order valence-corrected chi connectivity index (χ2v) is 8.17. The van der Waals surface area contributed by atoms with Gasteiger partial charge in [-0.3, -0.25) is 9.36 Å². The Morgan fingerprint density at radius 1 is 1.31 bits per heavy atom. The van der Waals surface area contributed by atoms with E-state index in [0.717, 1.165) is 23.4 Å². The molecular formula is C19H22ClN3O2S. The van der Waals surface area contributed by atoms with E-state index in [-0.39, 0.29) is 5.56 Å². The highest BCUT2D eigenvalue weighted by Crippen LogP contribution is 2.26. The molecule has 7 heteroatoms. The number of rotatable bonds is 6. The summed E-state index contributed by atoms with van der Waals surface area (Å²) in [5, 5.41) is 5.87. The first-order chi connectivity index (χ1) is 12.4. The predicted molar refractivity (Wildman–Crippen MR) is 106 cm³/mol. The lowest BCUT2D eigenvalue weighted by atomic mass is 10.1. The Hall–Kier alpha value is -1.79. The molecule has 0 bridgehead atoms. The quantitative estimate of drug-likeness (QED) is 0.437. The van der Waals surface area contributed by atoms with Gasteiger partial charge in [-0.2, -0.15) is 0 Å². The van der Waals surface area contributed by atoms with Crippen LogP contribution in [0.25, 0.3) is 10.9 Å². The van der Waals surface area contributed by atoms with Gasteiger partial charge in [0, 0.05) is 22.9 Å². The predicted octanol–water partition coefficient (Wildman–Crippen LogP) is 4.99. The van der Waals surface area contributed by atoms with Crippen LogP contribution in [0, 0.1) is 19.8 Å². The fourth-order valence-corrected chi connectivity index (χ4v) is 4.06. The first-order valence-corrected chi connectivity index (χ1v) is 9.97. The molecule has 0 fully saturated rings. The summed E-state index contributed by atoms with van der Waals surface area (Å²) >= 11 is 7.62. The van der Waals surface area contributed by atoms with E-state index < -0.39 is 0 Å². The van der Waals surface area contributed by atoms with E-state index in [1.807, 2.05) is 13.8 Å². The molecule has 2 aromatic heterocycles. The first-order valence-electron chi connectivity index (χ1n) is 8.61. The van der Waals surface area contributed by atoms with Crippen LogP contribution >= 0.6 is 23.4 Å². The minimum absolute atomic E-state index is 0.0198. The molecule has 3 aromatic rings. The van der Waals surface area contributed by atoms with Crippen LogP contribution in [0.4, 0.5) is 0 Å². The van der Waals surface area contributed by atoms with E-state index in [1.165, 1.54) is 11.8 Å². The molecular weight excluding hydrogens is 370 g/mol. The summed E-state index contributed by atoms with van der Waals surface area (Å²) < 4.78 is 7.01. The van der Waals surface area contributed by atoms with Crippen LogP contribution in [0.2, 0.25) is 5.02 Å². The fourth-order valence-electron chi connectivity index (χ4n) is 2.71. The minimum atomic E-state index is -0.0198. The average molecular weight is 392 g/mol. The van der Waals surface area contributed by atoms with Crippen LogP contribution in [-0.4, -0.2) is 14.7 Å². The molecule has 0 atom stereocenters. The monoisotopic (exact) mass is 391 g/mol. The first kappa shape index (κ1) is 19.0. The lowest BCUT2D eigenvalue weighted by Gasteiger charge is -2.14. The second-order valence-electron chi connectivity index (χ2n) is 6.79. The van der Waals surface area contributed by atoms with Gasteiger partial charge in [0.15, 0.2) is 5.16 Å². The van der Waals surface area contributed by atoms with Gasteiger partial charge in [-0.15, -0.1) is 0 Å². The lowest BCUT2D eigenvalue weighted by Crippen LogP contribution is -2.24. The molecule has 0 unspecified atom stereocenters. The van der Waals surface area contributed by atoms with Crippen molar-refractivity contribution in [2.45, 2.75) is 51.6 Å². The van der Waals surface area contributed by atoms with Crippen LogP contribution in [0.3, 0.4) is 0 Å². The maximum absolute atomic E-state index is 13.0. The lowest BCUT2D eigenvalue weighted by molar-refractivity contribution is 0.392. The number of benzene rings is 1. The minimum Gasteiger partial charge on any atom is -0.361 e. The van der Waals surface area contributed by atoms with Crippen molar-refractivity contribution in [3.8, 4) is 0 Å². The third-order valence-electron chi connectivity index (χ3n) is 4.34. The van der Waals surface area contributed by atoms with Crippen LogP contribution < -0.4 is 5.56 Å². The van der Waals surface area contributed by atoms with Gasteiger partial charge in [0.1, 0.15) is 5.76 Å². The van der Waals surface area contributed by atoms with Gasteiger partial charge in [0.2, 0.25) is 0 Å². The van der Waals surface area contributed by atoms with Gasteiger partial charge in [0.05, 0.1) is 16.6 Å². The summed E-state index contributed by atoms with van der Waals surface area (Å²) in [4.78, 5) is 17.7. The van der Waals surface area contributed by atoms with Crippen LogP contribution in [0.15, 0.2) is 32.7 Å². The Kier molecular flexibility index (Phi) is 5.73. The van der Waals surface area contributed by atoms with E-state index in [1.54, 1.807) is 22.8 Å². The molecule has 1 aromatic carbocycles. The fraction of sp³-hybridized carbons (Fsp3) is 0.421. The summed E-state index contributed by atoms with van der Waals surface area (Å²) in [5.41, 5.74) is 2.53. The van der Waals surface area contributed by atoms with E-state index in [9.17, 15) is 4.79 Å². The molecule has 0 radical (unpaired) electrons. The molecule has 3 rings (SSSR count). The Labute approximate surface area is 161 Å². The number of aryl methyl sites for hydroxylation is 2. The summed E-state index contributed by atoms with van der Waals surface area (Å²) in [6.07, 6.45) is 0.916. The Bertz CT molecular complexity index is 975. The zero-order valence-electron chi connectivity index (χ0n) is 15.4. The van der Waals surface area contributed by atoms with Gasteiger partial charge < -0.3 is 4.52 Å². The van der Waals surface area contributed by atoms with Crippen molar-refractivity contribution in [3.05, 3.63) is 50.6 Å². The number of hydrogen-bond acceptors (Lipinski definition) is 5. The van der Waals surface area contributed by atoms with Gasteiger partial charge in [0.25, 0.3) is 5.56 Å². The average Bonchev–Trinajstić information content (AvgIpc) is 2.90. The van der Waals surface area contributed by atoms with Crippen molar-refractivity contribution in [1.29, 1.82) is 0 Å². The molecule has 0 aliphatic carbocycles. The normalized spacial score (nSPS) is 11.6. The summed E-state index contributed by atoms with van der Waals surface area (Å²) in [5.74, 6) is 1.96. The summed E-state index contributed by atoms with van der Waals surface area (Å²) in [6, 6.07) is 5.23. The standard InChI is InChI=1S/C19H22ClN3O2S/c1-11(2)7-8-23-18(24)15-6-5-14(20)9-17(15)21-19(23)26-10-16-12(3)22-25-13(16)4/h5-6,9,11H,7-8,10H2,1-4H3. The Balaban J connectivity index is 2.02. The van der Waals surface area contributed by atoms with Crippen LogP contribution in [-0.2, 0) is 12.3 Å². The van der Waals surface area contributed by atoms with Gasteiger partial charge in [-0.25, -0.2) is 4.98 Å². The molecule has 0 amide bonds. The van der Waals surface area contributed by atoms with E-state index in [0.29, 0.717) is 39.3 Å². The van der Waals surface area contributed by atoms with Crippen molar-refractivity contribution in [2.24, 2.45) is 5.92 Å². The maximum atomic E-state index is 13.0. The number of fused-ring (bicyclic) bond motifs is 1. The topological polar surface area (TPSA) is 60.9 Å². The second kappa shape index (κ2) is 7.84. The SMILES string of the molecule is Cc1noc(C)c1CSc1nc2cc(Cl)ccc2c(=O)n1CCC(C)C. The summed E-state index contributed by atoms with van der Waals surface area (Å²) in [6.45, 7) is 8.76. The molecule has 0 N–H and O–H groups in total. The van der Waals surface area contributed by atoms with E-state index in [4.69, 9.17) is 21.1 Å². The maximum Gasteiger partial charge on any atom is 0.262 e. The van der Waals surface area contributed by atoms with Crippen molar-refractivity contribution in [1.82, 2.24) is 14.7 Å². The summed E-state index contributed by atoms with van der Waals surface area (Å²) in [7, 11) is 0. The number of halogens is 1. The van der Waals surface area contributed by atoms with Crippen LogP contribution in [0.1, 0.15) is 37.3 Å². The van der Waals surface area contributed by atoms with Gasteiger partial charge in [-0.05, 0) is 44.4 Å². The molecule has 0 saturated heterocycles. The van der Waals surface area contributed by atoms with Crippen molar-refractivity contribution >= 4 is 34.3 Å². The van der Waals surface area contributed by atoms with E-state index >= 15 is 0 Å². The Morgan fingerprint density at radius 3 is 2.73 bits per heavy atom. The number of hydrogen-bond donors (Lipinski definition) is 0. The zero-order chi connectivity index (χ0) is 18.8. The zero-order valence-corrected chi connectivity index (χ0v) is 16.9. The van der Waals surface area contributed by atoms with Crippen molar-refractivity contribution < 1.29 is 4.52 Å². The molecule has 0 saturated carbocycles. The highest BCUT2D eigenvalue weighted by atomic mass is 35.5. The van der Waals surface area contributed by atoms with Gasteiger partial charge >= 0.3 is 0 Å².